The summed E-state index contributed by atoms with van der Waals surface area (Å²) in [7, 11) is 0. The molecule has 6 heteroatoms. The fourth-order valence-corrected chi connectivity index (χ4v) is 1.08. The Kier molecular flexibility index (Phi) is 3.67. The van der Waals surface area contributed by atoms with Gasteiger partial charge in [-0.3, -0.25) is 0 Å². The van der Waals surface area contributed by atoms with Crippen molar-refractivity contribution in [2.45, 2.75) is 12.3 Å². The number of nitrogens with two attached hydrogens (primary N) is 1. The van der Waals surface area contributed by atoms with Crippen LogP contribution in [0.2, 0.25) is 0 Å². The minimum Gasteiger partial charge on any atom is -0.386 e. The molecule has 0 aliphatic rings. The molecule has 1 aromatic carbocycles. The molecule has 0 aromatic heterocycles. The maximum atomic E-state index is 12.2. The van der Waals surface area contributed by atoms with Crippen LogP contribution in [0, 0.1) is 0 Å². The van der Waals surface area contributed by atoms with Crippen molar-refractivity contribution in [1.82, 2.24) is 0 Å². The third-order valence-electron chi connectivity index (χ3n) is 1.88. The van der Waals surface area contributed by atoms with E-state index in [0.717, 1.165) is 12.1 Å². The number of alkyl halides is 3. The van der Waals surface area contributed by atoms with Crippen LogP contribution >= 0.6 is 0 Å². The topological polar surface area (TPSA) is 55.5 Å². The lowest BCUT2D eigenvalue weighted by Crippen LogP contribution is -2.11. The molecule has 0 aliphatic heterocycles. The third kappa shape index (κ3) is 3.19. The monoisotopic (exact) mass is 221 g/mol. The van der Waals surface area contributed by atoms with Gasteiger partial charge in [0.05, 0.1) is 12.2 Å². The van der Waals surface area contributed by atoms with Gasteiger partial charge >= 0.3 is 6.18 Å². The van der Waals surface area contributed by atoms with E-state index in [2.05, 4.69) is 4.84 Å². The van der Waals surface area contributed by atoms with Gasteiger partial charge in [-0.2, -0.15) is 13.2 Å². The molecule has 0 saturated heterocycles. The molecule has 0 saturated carbocycles. The first kappa shape index (κ1) is 12.0. The molecule has 1 aromatic rings. The zero-order valence-corrected chi connectivity index (χ0v) is 7.66. The van der Waals surface area contributed by atoms with Gasteiger partial charge in [0.15, 0.2) is 0 Å². The number of hydrogen-bond acceptors (Lipinski definition) is 3. The summed E-state index contributed by atoms with van der Waals surface area (Å²) in [4.78, 5) is 4.18. The zero-order valence-electron chi connectivity index (χ0n) is 7.66. The van der Waals surface area contributed by atoms with Gasteiger partial charge in [-0.25, -0.2) is 5.90 Å². The molecule has 0 spiro atoms. The van der Waals surface area contributed by atoms with Gasteiger partial charge in [-0.15, -0.1) is 0 Å². The molecule has 84 valence electrons. The van der Waals surface area contributed by atoms with Crippen LogP contribution in [0.15, 0.2) is 24.3 Å². The van der Waals surface area contributed by atoms with Crippen LogP contribution in [-0.2, 0) is 11.0 Å². The zero-order chi connectivity index (χ0) is 11.5. The molecule has 3 N–H and O–H groups in total. The normalized spacial score (nSPS) is 13.9. The van der Waals surface area contributed by atoms with Crippen molar-refractivity contribution in [1.29, 1.82) is 0 Å². The number of benzene rings is 1. The van der Waals surface area contributed by atoms with Crippen LogP contribution in [0.4, 0.5) is 13.2 Å². The number of aliphatic hydroxyl groups excluding tert-OH is 1. The molecule has 1 atom stereocenters. The van der Waals surface area contributed by atoms with E-state index in [0.29, 0.717) is 5.56 Å². The number of halogens is 3. The van der Waals surface area contributed by atoms with Crippen molar-refractivity contribution in [2.24, 2.45) is 5.90 Å². The quantitative estimate of drug-likeness (QED) is 0.762. The predicted molar refractivity (Wildman–Crippen MR) is 46.5 cm³/mol. The lowest BCUT2D eigenvalue weighted by molar-refractivity contribution is -0.137. The van der Waals surface area contributed by atoms with E-state index in [1.54, 1.807) is 0 Å². The lowest BCUT2D eigenvalue weighted by atomic mass is 10.1. The number of hydrogen-bond donors (Lipinski definition) is 2. The van der Waals surface area contributed by atoms with Gasteiger partial charge in [-0.05, 0) is 17.7 Å². The van der Waals surface area contributed by atoms with Crippen LogP contribution in [-0.4, -0.2) is 11.7 Å². The second-order valence-electron chi connectivity index (χ2n) is 2.97. The molecule has 3 nitrogen and oxygen atoms in total. The predicted octanol–water partition coefficient (Wildman–Crippen LogP) is 1.63. The van der Waals surface area contributed by atoms with Crippen molar-refractivity contribution in [3.05, 3.63) is 35.4 Å². The number of rotatable bonds is 3. The largest absolute Gasteiger partial charge is 0.416 e. The Labute approximate surface area is 84.2 Å². The highest BCUT2D eigenvalue weighted by Crippen LogP contribution is 2.29. The molecule has 1 rings (SSSR count). The average Bonchev–Trinajstić information content (AvgIpc) is 2.17. The van der Waals surface area contributed by atoms with Gasteiger partial charge in [0.2, 0.25) is 0 Å². The minimum absolute atomic E-state index is 0.161. The summed E-state index contributed by atoms with van der Waals surface area (Å²) >= 11 is 0. The maximum absolute atomic E-state index is 12.2. The van der Waals surface area contributed by atoms with E-state index < -0.39 is 17.8 Å². The third-order valence-corrected chi connectivity index (χ3v) is 1.88. The summed E-state index contributed by atoms with van der Waals surface area (Å²) in [5, 5.41) is 9.33. The summed E-state index contributed by atoms with van der Waals surface area (Å²) in [5.41, 5.74) is -0.430. The summed E-state index contributed by atoms with van der Waals surface area (Å²) < 4.78 is 36.5. The van der Waals surface area contributed by atoms with Crippen molar-refractivity contribution in [2.75, 3.05) is 6.61 Å². The maximum Gasteiger partial charge on any atom is 0.416 e. The average molecular weight is 221 g/mol. The van der Waals surface area contributed by atoms with Gasteiger partial charge in [0, 0.05) is 0 Å². The van der Waals surface area contributed by atoms with Crippen LogP contribution in [0.5, 0.6) is 0 Å². The van der Waals surface area contributed by atoms with Gasteiger partial charge in [0.1, 0.15) is 6.10 Å². The van der Waals surface area contributed by atoms with Crippen LogP contribution < -0.4 is 5.90 Å². The Morgan fingerprint density at radius 2 is 1.80 bits per heavy atom. The van der Waals surface area contributed by atoms with Crippen molar-refractivity contribution in [3.63, 3.8) is 0 Å². The molecule has 0 radical (unpaired) electrons. The summed E-state index contributed by atoms with van der Waals surface area (Å²) in [6.07, 6.45) is -5.38. The van der Waals surface area contributed by atoms with Gasteiger partial charge in [-0.1, -0.05) is 12.1 Å². The second-order valence-corrected chi connectivity index (χ2v) is 2.97. The first-order valence-corrected chi connectivity index (χ1v) is 4.12. The standard InChI is InChI=1S/C9H10F3NO2/c10-9(11,12)7-3-1-6(2-4-7)8(14)5-15-13/h1-4,8,14H,5,13H2. The van der Waals surface area contributed by atoms with Crippen molar-refractivity contribution in [3.8, 4) is 0 Å². The minimum atomic E-state index is -4.37. The Morgan fingerprint density at radius 1 is 1.27 bits per heavy atom. The van der Waals surface area contributed by atoms with E-state index >= 15 is 0 Å². The summed E-state index contributed by atoms with van der Waals surface area (Å²) in [6, 6.07) is 4.17. The van der Waals surface area contributed by atoms with E-state index in [9.17, 15) is 18.3 Å². The molecule has 0 fully saturated rings. The highest BCUT2D eigenvalue weighted by Gasteiger charge is 2.30. The Morgan fingerprint density at radius 3 is 2.20 bits per heavy atom. The Balaban J connectivity index is 2.81. The molecule has 0 bridgehead atoms. The van der Waals surface area contributed by atoms with E-state index in [1.165, 1.54) is 12.1 Å². The van der Waals surface area contributed by atoms with Gasteiger partial charge < -0.3 is 9.94 Å². The molecular formula is C9H10F3NO2. The van der Waals surface area contributed by atoms with Crippen LogP contribution in [0.3, 0.4) is 0 Å². The first-order chi connectivity index (χ1) is 6.95. The molecule has 0 aliphatic carbocycles. The second kappa shape index (κ2) is 4.61. The molecule has 0 amide bonds. The van der Waals surface area contributed by atoms with Crippen molar-refractivity contribution < 1.29 is 23.1 Å². The smallest absolute Gasteiger partial charge is 0.386 e. The summed E-state index contributed by atoms with van der Waals surface area (Å²) in [5.74, 6) is 4.73. The molecular weight excluding hydrogens is 211 g/mol. The Hall–Kier alpha value is -1.11. The SMILES string of the molecule is NOCC(O)c1ccc(C(F)(F)F)cc1. The lowest BCUT2D eigenvalue weighted by Gasteiger charge is -2.11. The number of aliphatic hydroxyl groups is 1. The fourth-order valence-electron chi connectivity index (χ4n) is 1.08. The summed E-state index contributed by atoms with van der Waals surface area (Å²) in [6.45, 7) is -0.161. The highest BCUT2D eigenvalue weighted by molar-refractivity contribution is 5.25. The molecule has 15 heavy (non-hydrogen) atoms. The van der Waals surface area contributed by atoms with E-state index in [-0.39, 0.29) is 6.61 Å². The van der Waals surface area contributed by atoms with Gasteiger partial charge in [0.25, 0.3) is 0 Å². The Bertz CT molecular complexity index is 310. The fraction of sp³-hybridized carbons (Fsp3) is 0.333. The van der Waals surface area contributed by atoms with Crippen LogP contribution in [0.1, 0.15) is 17.2 Å². The highest BCUT2D eigenvalue weighted by atomic mass is 19.4. The van der Waals surface area contributed by atoms with E-state index in [4.69, 9.17) is 5.90 Å². The van der Waals surface area contributed by atoms with Crippen LogP contribution in [0.25, 0.3) is 0 Å². The van der Waals surface area contributed by atoms with E-state index in [1.807, 2.05) is 0 Å². The molecule has 1 unspecified atom stereocenters. The molecule has 0 heterocycles. The van der Waals surface area contributed by atoms with Crippen molar-refractivity contribution >= 4 is 0 Å². The first-order valence-electron chi connectivity index (χ1n) is 4.12.